The van der Waals surface area contributed by atoms with Gasteiger partial charge < -0.3 is 5.32 Å². The minimum atomic E-state index is -0.406. The molecule has 1 N–H and O–H groups in total. The molecule has 0 saturated heterocycles. The third-order valence-corrected chi connectivity index (χ3v) is 4.22. The molecule has 0 bridgehead atoms. The molecule has 0 aliphatic heterocycles. The summed E-state index contributed by atoms with van der Waals surface area (Å²) in [6, 6.07) is 1.58. The van der Waals surface area contributed by atoms with Crippen molar-refractivity contribution in [2.75, 3.05) is 11.9 Å². The minimum absolute atomic E-state index is 0.0568. The monoisotopic (exact) mass is 247 g/mol. The SMILES string of the molecule is Cc1cc([N+](=O)[O-])cnc1NCC1(C2CC2)CC1. The number of aryl methyl sites for hydroxylation is 1. The molecule has 1 heterocycles. The number of nitro groups is 1. The molecule has 0 aromatic carbocycles. The van der Waals surface area contributed by atoms with E-state index >= 15 is 0 Å². The van der Waals surface area contributed by atoms with E-state index in [-0.39, 0.29) is 5.69 Å². The standard InChI is InChI=1S/C13H17N3O2/c1-9-6-11(16(17)18)7-14-12(9)15-8-13(4-5-13)10-2-3-10/h6-7,10H,2-5,8H2,1H3,(H,14,15). The molecule has 2 saturated carbocycles. The average Bonchev–Trinajstić information content (AvgIpc) is 3.19. The smallest absolute Gasteiger partial charge is 0.287 e. The first-order chi connectivity index (χ1) is 8.61. The highest BCUT2D eigenvalue weighted by Crippen LogP contribution is 2.61. The number of rotatable bonds is 5. The lowest BCUT2D eigenvalue weighted by atomic mass is 10.0. The highest BCUT2D eigenvalue weighted by atomic mass is 16.6. The summed E-state index contributed by atoms with van der Waals surface area (Å²) in [6.45, 7) is 2.82. The van der Waals surface area contributed by atoms with Crippen molar-refractivity contribution in [2.45, 2.75) is 32.6 Å². The third kappa shape index (κ3) is 2.05. The number of nitrogens with one attached hydrogen (secondary N) is 1. The molecule has 3 rings (SSSR count). The van der Waals surface area contributed by atoms with Crippen LogP contribution in [-0.4, -0.2) is 16.5 Å². The van der Waals surface area contributed by atoms with E-state index in [0.717, 1.165) is 23.8 Å². The van der Waals surface area contributed by atoms with Crippen molar-refractivity contribution in [3.63, 3.8) is 0 Å². The van der Waals surface area contributed by atoms with Gasteiger partial charge in [-0.1, -0.05) is 0 Å². The zero-order valence-corrected chi connectivity index (χ0v) is 10.5. The molecule has 1 aromatic rings. The Balaban J connectivity index is 1.67. The van der Waals surface area contributed by atoms with Crippen LogP contribution in [0.4, 0.5) is 11.5 Å². The number of nitrogens with zero attached hydrogens (tertiary/aromatic N) is 2. The number of pyridine rings is 1. The molecule has 96 valence electrons. The molecular formula is C13H17N3O2. The molecule has 1 aromatic heterocycles. The van der Waals surface area contributed by atoms with Crippen LogP contribution >= 0.6 is 0 Å². The maximum Gasteiger partial charge on any atom is 0.287 e. The summed E-state index contributed by atoms with van der Waals surface area (Å²) < 4.78 is 0. The van der Waals surface area contributed by atoms with Crippen LogP contribution in [0.3, 0.4) is 0 Å². The Labute approximate surface area is 106 Å². The van der Waals surface area contributed by atoms with Crippen LogP contribution in [0.5, 0.6) is 0 Å². The molecule has 0 amide bonds. The quantitative estimate of drug-likeness (QED) is 0.641. The summed E-state index contributed by atoms with van der Waals surface area (Å²) in [7, 11) is 0. The molecule has 5 nitrogen and oxygen atoms in total. The molecule has 2 aliphatic carbocycles. The van der Waals surface area contributed by atoms with Gasteiger partial charge in [0.05, 0.1) is 4.92 Å². The summed E-state index contributed by atoms with van der Waals surface area (Å²) in [5.74, 6) is 1.69. The Morgan fingerprint density at radius 3 is 2.78 bits per heavy atom. The second-order valence-electron chi connectivity index (χ2n) is 5.61. The minimum Gasteiger partial charge on any atom is -0.369 e. The van der Waals surface area contributed by atoms with Gasteiger partial charge in [-0.2, -0.15) is 0 Å². The zero-order chi connectivity index (χ0) is 12.8. The fourth-order valence-corrected chi connectivity index (χ4v) is 2.69. The van der Waals surface area contributed by atoms with Gasteiger partial charge in [-0.25, -0.2) is 4.98 Å². The maximum atomic E-state index is 10.6. The number of hydrogen-bond acceptors (Lipinski definition) is 4. The Morgan fingerprint density at radius 2 is 2.28 bits per heavy atom. The second kappa shape index (κ2) is 3.93. The molecular weight excluding hydrogens is 230 g/mol. The highest BCUT2D eigenvalue weighted by molar-refractivity contribution is 5.48. The van der Waals surface area contributed by atoms with Crippen LogP contribution < -0.4 is 5.32 Å². The van der Waals surface area contributed by atoms with E-state index in [0.29, 0.717) is 5.41 Å². The van der Waals surface area contributed by atoms with Gasteiger partial charge in [-0.3, -0.25) is 10.1 Å². The van der Waals surface area contributed by atoms with Gasteiger partial charge in [0.2, 0.25) is 0 Å². The maximum absolute atomic E-state index is 10.6. The summed E-state index contributed by atoms with van der Waals surface area (Å²) >= 11 is 0. The van der Waals surface area contributed by atoms with Crippen LogP contribution in [0.1, 0.15) is 31.2 Å². The van der Waals surface area contributed by atoms with E-state index in [4.69, 9.17) is 0 Å². The predicted molar refractivity (Wildman–Crippen MR) is 68.5 cm³/mol. The fraction of sp³-hybridized carbons (Fsp3) is 0.615. The summed E-state index contributed by atoms with van der Waals surface area (Å²) in [6.07, 6.45) is 6.70. The lowest BCUT2D eigenvalue weighted by Gasteiger charge is -2.16. The van der Waals surface area contributed by atoms with E-state index in [1.807, 2.05) is 6.92 Å². The van der Waals surface area contributed by atoms with Gasteiger partial charge in [-0.15, -0.1) is 0 Å². The predicted octanol–water partition coefficient (Wildman–Crippen LogP) is 2.90. The largest absolute Gasteiger partial charge is 0.369 e. The topological polar surface area (TPSA) is 68.1 Å². The molecule has 0 atom stereocenters. The molecule has 0 radical (unpaired) electrons. The Morgan fingerprint density at radius 1 is 1.56 bits per heavy atom. The average molecular weight is 247 g/mol. The second-order valence-corrected chi connectivity index (χ2v) is 5.61. The third-order valence-electron chi connectivity index (χ3n) is 4.22. The molecule has 2 fully saturated rings. The van der Waals surface area contributed by atoms with Gasteiger partial charge in [0.1, 0.15) is 12.0 Å². The van der Waals surface area contributed by atoms with Crippen molar-refractivity contribution in [1.82, 2.24) is 4.98 Å². The van der Waals surface area contributed by atoms with Crippen LogP contribution in [0.2, 0.25) is 0 Å². The lowest BCUT2D eigenvalue weighted by Crippen LogP contribution is -2.18. The van der Waals surface area contributed by atoms with Gasteiger partial charge in [0, 0.05) is 12.6 Å². The van der Waals surface area contributed by atoms with E-state index in [1.54, 1.807) is 6.07 Å². The van der Waals surface area contributed by atoms with Gasteiger partial charge in [0.25, 0.3) is 5.69 Å². The van der Waals surface area contributed by atoms with E-state index in [2.05, 4.69) is 10.3 Å². The first kappa shape index (κ1) is 11.4. The van der Waals surface area contributed by atoms with Crippen LogP contribution in [0.15, 0.2) is 12.3 Å². The number of hydrogen-bond donors (Lipinski definition) is 1. The molecule has 2 aliphatic rings. The van der Waals surface area contributed by atoms with Crippen LogP contribution in [0.25, 0.3) is 0 Å². The summed E-state index contributed by atoms with van der Waals surface area (Å²) in [5.41, 5.74) is 1.41. The van der Waals surface area contributed by atoms with E-state index in [1.165, 1.54) is 31.9 Å². The summed E-state index contributed by atoms with van der Waals surface area (Å²) in [4.78, 5) is 14.4. The van der Waals surface area contributed by atoms with E-state index < -0.39 is 4.92 Å². The van der Waals surface area contributed by atoms with Crippen molar-refractivity contribution in [3.8, 4) is 0 Å². The van der Waals surface area contributed by atoms with Crippen molar-refractivity contribution in [3.05, 3.63) is 27.9 Å². The van der Waals surface area contributed by atoms with Crippen molar-refractivity contribution in [2.24, 2.45) is 11.3 Å². The number of aromatic nitrogens is 1. The molecule has 18 heavy (non-hydrogen) atoms. The Hall–Kier alpha value is -1.65. The Kier molecular flexibility index (Phi) is 2.50. The normalized spacial score (nSPS) is 20.5. The first-order valence-electron chi connectivity index (χ1n) is 6.46. The van der Waals surface area contributed by atoms with Gasteiger partial charge in [-0.05, 0) is 49.5 Å². The summed E-state index contributed by atoms with van der Waals surface area (Å²) in [5, 5.41) is 14.0. The van der Waals surface area contributed by atoms with Crippen LogP contribution in [-0.2, 0) is 0 Å². The van der Waals surface area contributed by atoms with Crippen LogP contribution in [0, 0.1) is 28.4 Å². The van der Waals surface area contributed by atoms with Gasteiger partial charge in [0.15, 0.2) is 0 Å². The van der Waals surface area contributed by atoms with Crippen molar-refractivity contribution >= 4 is 11.5 Å². The highest BCUT2D eigenvalue weighted by Gasteiger charge is 2.53. The van der Waals surface area contributed by atoms with Gasteiger partial charge >= 0.3 is 0 Å². The number of anilines is 1. The van der Waals surface area contributed by atoms with Crippen molar-refractivity contribution < 1.29 is 4.92 Å². The van der Waals surface area contributed by atoms with E-state index in [9.17, 15) is 10.1 Å². The molecule has 5 heteroatoms. The van der Waals surface area contributed by atoms with Crippen molar-refractivity contribution in [1.29, 1.82) is 0 Å². The fourth-order valence-electron chi connectivity index (χ4n) is 2.69. The Bertz CT molecular complexity index is 493. The lowest BCUT2D eigenvalue weighted by molar-refractivity contribution is -0.385. The molecule has 0 spiro atoms. The molecule has 0 unspecified atom stereocenters. The zero-order valence-electron chi connectivity index (χ0n) is 10.5. The first-order valence-corrected chi connectivity index (χ1v) is 6.46.